The first-order valence-corrected chi connectivity index (χ1v) is 23.3. The molecule has 2 heterocycles. The van der Waals surface area contributed by atoms with Crippen molar-refractivity contribution in [1.29, 1.82) is 10.5 Å². The van der Waals surface area contributed by atoms with E-state index >= 15 is 0 Å². The fourth-order valence-corrected chi connectivity index (χ4v) is 30.2. The van der Waals surface area contributed by atoms with Crippen LogP contribution in [-0.2, 0) is 12.8 Å². The van der Waals surface area contributed by atoms with E-state index < -0.39 is 42.3 Å². The molecule has 2 aliphatic heterocycles. The Morgan fingerprint density at radius 1 is 0.750 bits per heavy atom. The van der Waals surface area contributed by atoms with Crippen LogP contribution in [0.4, 0.5) is 0 Å². The fraction of sp³-hybridized carbons (Fsp3) is 0.500. The molecule has 0 aliphatic carbocycles. The van der Waals surface area contributed by atoms with Crippen molar-refractivity contribution in [3.63, 3.8) is 0 Å². The van der Waals surface area contributed by atoms with Gasteiger partial charge in [-0.15, -0.1) is 0 Å². The van der Waals surface area contributed by atoms with Gasteiger partial charge in [-0.25, -0.2) is 0 Å². The van der Waals surface area contributed by atoms with Gasteiger partial charge in [0, 0.05) is 0 Å². The van der Waals surface area contributed by atoms with Gasteiger partial charge in [0.05, 0.1) is 0 Å². The Morgan fingerprint density at radius 3 is 1.53 bits per heavy atom. The second-order valence-electron chi connectivity index (χ2n) is 7.50. The van der Waals surface area contributed by atoms with Crippen molar-refractivity contribution >= 4 is 105 Å². The van der Waals surface area contributed by atoms with Gasteiger partial charge < -0.3 is 0 Å². The summed E-state index contributed by atoms with van der Waals surface area (Å²) in [6.45, 7) is 8.93. The predicted octanol–water partition coefficient (Wildman–Crippen LogP) is 4.81. The molecule has 0 unspecified atom stereocenters. The van der Waals surface area contributed by atoms with Crippen LogP contribution in [0.3, 0.4) is 0 Å². The maximum absolute atomic E-state index is 9.86. The van der Waals surface area contributed by atoms with Crippen molar-refractivity contribution in [1.82, 2.24) is 0 Å². The molecule has 1 aromatic carbocycles. The zero-order valence-corrected chi connectivity index (χ0v) is 30.0. The van der Waals surface area contributed by atoms with E-state index in [-0.39, 0.29) is 0 Å². The number of nitrogens with zero attached hydrogens (tertiary/aromatic N) is 2. The Balaban J connectivity index is 1.94. The zero-order chi connectivity index (χ0) is 23.1. The number of thioether (sulfide) groups is 2. The molecule has 2 aliphatic rings. The van der Waals surface area contributed by atoms with Gasteiger partial charge in [-0.1, -0.05) is 0 Å². The molecule has 0 spiro atoms. The van der Waals surface area contributed by atoms with Crippen LogP contribution in [0.15, 0.2) is 13.4 Å². The summed E-state index contributed by atoms with van der Waals surface area (Å²) < 4.78 is 13.0. The van der Waals surface area contributed by atoms with E-state index in [1.54, 1.807) is 7.61 Å². The molecule has 0 N–H and O–H groups in total. The second kappa shape index (κ2) is 13.9. The number of unbranched alkanes of at least 4 members (excludes halogenated alkanes) is 2. The molecule has 0 atom stereocenters. The first-order valence-electron chi connectivity index (χ1n) is 11.3. The second-order valence-corrected chi connectivity index (χ2v) is 25.2. The molecule has 166 valence electrons. The first-order chi connectivity index (χ1) is 15.6. The van der Waals surface area contributed by atoms with Gasteiger partial charge in [0.2, 0.25) is 0 Å². The number of hydrogen-bond acceptors (Lipinski definition) is 4. The molecule has 3 rings (SSSR count). The van der Waals surface area contributed by atoms with Crippen LogP contribution in [0.1, 0.15) is 75.6 Å². The standard InChI is InChI=1S/C16H10N2S2Se2.2C4H9.2Sn/c1-3-9-11(7-17)12(8-18)10(4-2)14-13(9)21-16(22-14)15-19-5-6-20-15;2*1-3-4-2;;/h3-4H2,1-2H3;2*1,3-4H2,2H3;;. The van der Waals surface area contributed by atoms with Crippen molar-refractivity contribution in [3.05, 3.63) is 35.7 Å². The molecule has 0 fully saturated rings. The van der Waals surface area contributed by atoms with Gasteiger partial charge in [0.25, 0.3) is 0 Å². The molecule has 1 aromatic rings. The number of nitriles is 2. The Bertz CT molecular complexity index is 946. The molecule has 8 heteroatoms. The van der Waals surface area contributed by atoms with Crippen LogP contribution in [0.5, 0.6) is 0 Å². The molecule has 2 nitrogen and oxygen atoms in total. The Kier molecular flexibility index (Phi) is 12.0. The van der Waals surface area contributed by atoms with E-state index in [9.17, 15) is 10.5 Å². The van der Waals surface area contributed by atoms with Crippen LogP contribution < -0.4 is 8.92 Å². The molecule has 0 amide bonds. The van der Waals surface area contributed by atoms with Crippen molar-refractivity contribution in [2.24, 2.45) is 0 Å². The summed E-state index contributed by atoms with van der Waals surface area (Å²) in [4.78, 5) is 0. The van der Waals surface area contributed by atoms with E-state index in [0.717, 1.165) is 12.8 Å². The number of benzene rings is 1. The first kappa shape index (κ1) is 27.6. The normalized spacial score (nSPS) is 15.3. The summed E-state index contributed by atoms with van der Waals surface area (Å²) in [5, 5.41) is 19.7. The summed E-state index contributed by atoms with van der Waals surface area (Å²) >= 11 is 4.16. The third-order valence-electron chi connectivity index (χ3n) is 5.32. The average Bonchev–Trinajstić information content (AvgIpc) is 3.42. The van der Waals surface area contributed by atoms with Gasteiger partial charge in [-0.05, 0) is 0 Å². The molecule has 4 radical (unpaired) electrons. The summed E-state index contributed by atoms with van der Waals surface area (Å²) in [6, 6.07) is 4.80. The van der Waals surface area contributed by atoms with E-state index in [0.29, 0.717) is 41.0 Å². The monoisotopic (exact) mass is 808 g/mol. The van der Waals surface area contributed by atoms with Crippen molar-refractivity contribution < 1.29 is 0 Å². The van der Waals surface area contributed by atoms with E-state index in [1.807, 2.05) is 5.84 Å². The van der Waals surface area contributed by atoms with E-state index in [1.165, 1.54) is 54.6 Å². The fourth-order valence-electron chi connectivity index (χ4n) is 3.60. The van der Waals surface area contributed by atoms with E-state index in [4.69, 9.17) is 0 Å². The van der Waals surface area contributed by atoms with Crippen LogP contribution in [0.2, 0.25) is 8.87 Å². The van der Waals surface area contributed by atoms with Crippen molar-refractivity contribution in [3.8, 4) is 12.1 Å². The van der Waals surface area contributed by atoms with Gasteiger partial charge in [-0.3, -0.25) is 0 Å². The van der Waals surface area contributed by atoms with Crippen molar-refractivity contribution in [2.45, 2.75) is 75.1 Å². The minimum atomic E-state index is -0.428. The third-order valence-corrected chi connectivity index (χ3v) is 29.0. The van der Waals surface area contributed by atoms with Crippen molar-refractivity contribution in [2.75, 3.05) is 0 Å². The summed E-state index contributed by atoms with van der Waals surface area (Å²) in [5.74, 6) is 0. The van der Waals surface area contributed by atoms with Gasteiger partial charge >= 0.3 is 238 Å². The zero-order valence-electron chi connectivity index (χ0n) is 19.2. The molecule has 0 aromatic heterocycles. The van der Waals surface area contributed by atoms with Crippen LogP contribution in [-0.4, -0.2) is 72.2 Å². The predicted molar refractivity (Wildman–Crippen MR) is 146 cm³/mol. The Morgan fingerprint density at radius 2 is 1.19 bits per heavy atom. The van der Waals surface area contributed by atoms with E-state index in [2.05, 4.69) is 63.4 Å². The number of rotatable bonds is 10. The van der Waals surface area contributed by atoms with Crippen LogP contribution in [0, 0.1) is 22.7 Å². The Labute approximate surface area is 235 Å². The molecular formula is C24H28N2S2Se2Sn2. The third kappa shape index (κ3) is 6.22. The quantitative estimate of drug-likeness (QED) is 0.252. The SMILES string of the molecule is CCC[CH2][Sn][C]1=[C]([Sn][CH2]CCC)SC(=C2[Se]c3c(CC)c(C#N)c(C#N)c(CC)c3[Se]2)S1. The van der Waals surface area contributed by atoms with Crippen LogP contribution >= 0.6 is 23.5 Å². The average molecular weight is 804 g/mol. The van der Waals surface area contributed by atoms with Gasteiger partial charge in [-0.2, -0.15) is 0 Å². The molecular weight excluding hydrogens is 776 g/mol. The summed E-state index contributed by atoms with van der Waals surface area (Å²) in [7, 11) is 0. The number of fused-ring (bicyclic) bond motifs is 1. The van der Waals surface area contributed by atoms with Gasteiger partial charge in [0.1, 0.15) is 0 Å². The Hall–Kier alpha value is 1.02. The topological polar surface area (TPSA) is 47.6 Å². The molecule has 0 saturated heterocycles. The summed E-state index contributed by atoms with van der Waals surface area (Å²) in [6.07, 6.45) is 7.19. The van der Waals surface area contributed by atoms with Crippen LogP contribution in [0.25, 0.3) is 0 Å². The number of hydrogen-bond donors (Lipinski definition) is 0. The molecule has 0 bridgehead atoms. The summed E-state index contributed by atoms with van der Waals surface area (Å²) in [5.41, 5.74) is 3.69. The minimum absolute atomic E-state index is 0.322. The molecule has 32 heavy (non-hydrogen) atoms. The van der Waals surface area contributed by atoms with Gasteiger partial charge in [0.15, 0.2) is 0 Å². The molecule has 0 saturated carbocycles. The maximum atomic E-state index is 9.86.